The molecule has 5 atom stereocenters. The molecule has 1 aliphatic heterocycles. The van der Waals surface area contributed by atoms with Gasteiger partial charge in [-0.05, 0) is 34.8 Å². The second-order valence-corrected chi connectivity index (χ2v) is 16.9. The third kappa shape index (κ3) is 8.81. The molecule has 41 heavy (non-hydrogen) atoms. The normalized spacial score (nSPS) is 23.4. The van der Waals surface area contributed by atoms with Crippen LogP contribution in [0.3, 0.4) is 0 Å². The van der Waals surface area contributed by atoms with Crippen LogP contribution in [0.4, 0.5) is 0 Å². The predicted octanol–water partition coefficient (Wildman–Crippen LogP) is 7.14. The maximum absolute atomic E-state index is 6.68. The highest BCUT2D eigenvalue weighted by atomic mass is 28.4. The van der Waals surface area contributed by atoms with Crippen molar-refractivity contribution in [2.24, 2.45) is 0 Å². The largest absolute Gasteiger partial charge is 0.414 e. The van der Waals surface area contributed by atoms with Crippen molar-refractivity contribution in [3.63, 3.8) is 0 Å². The van der Waals surface area contributed by atoms with Gasteiger partial charge in [-0.25, -0.2) is 0 Å². The van der Waals surface area contributed by atoms with Crippen LogP contribution >= 0.6 is 0 Å². The minimum atomic E-state index is -2.06. The van der Waals surface area contributed by atoms with E-state index in [2.05, 4.69) is 58.1 Å². The summed E-state index contributed by atoms with van der Waals surface area (Å²) in [6.45, 7) is 12.8. The van der Waals surface area contributed by atoms with Crippen molar-refractivity contribution in [2.45, 2.75) is 89.4 Å². The zero-order valence-corrected chi connectivity index (χ0v) is 26.3. The highest BCUT2D eigenvalue weighted by Gasteiger charge is 2.49. The van der Waals surface area contributed by atoms with E-state index in [1.807, 2.05) is 66.7 Å². The van der Waals surface area contributed by atoms with Crippen LogP contribution in [0.15, 0.2) is 91.0 Å². The summed E-state index contributed by atoms with van der Waals surface area (Å²) in [6.07, 6.45) is -2.49. The van der Waals surface area contributed by atoms with Crippen molar-refractivity contribution in [3.8, 4) is 0 Å². The van der Waals surface area contributed by atoms with Gasteiger partial charge in [0, 0.05) is 7.11 Å². The maximum atomic E-state index is 6.68. The van der Waals surface area contributed by atoms with Gasteiger partial charge in [0.05, 0.1) is 26.4 Å². The summed E-state index contributed by atoms with van der Waals surface area (Å²) in [6, 6.07) is 30.4. The average Bonchev–Trinajstić information content (AvgIpc) is 2.98. The van der Waals surface area contributed by atoms with E-state index in [9.17, 15) is 0 Å². The molecule has 0 bridgehead atoms. The Bertz CT molecular complexity index is 1150. The fourth-order valence-corrected chi connectivity index (χ4v) is 5.59. The third-order valence-corrected chi connectivity index (χ3v) is 12.6. The van der Waals surface area contributed by atoms with E-state index in [0.717, 1.165) is 16.7 Å². The Morgan fingerprint density at radius 1 is 0.634 bits per heavy atom. The minimum absolute atomic E-state index is 0.0628. The molecule has 222 valence electrons. The molecular weight excluding hydrogens is 532 g/mol. The molecule has 1 aliphatic rings. The van der Waals surface area contributed by atoms with Crippen molar-refractivity contribution < 1.29 is 28.1 Å². The first-order chi connectivity index (χ1) is 19.7. The molecule has 3 aromatic rings. The second-order valence-electron chi connectivity index (χ2n) is 12.1. The average molecular weight is 579 g/mol. The van der Waals surface area contributed by atoms with E-state index in [-0.39, 0.29) is 5.04 Å². The molecular formula is C34H46O6Si. The molecule has 1 saturated heterocycles. The van der Waals surface area contributed by atoms with Crippen molar-refractivity contribution in [1.82, 2.24) is 0 Å². The smallest absolute Gasteiger partial charge is 0.192 e. The fraction of sp³-hybridized carbons (Fsp3) is 0.471. The van der Waals surface area contributed by atoms with Gasteiger partial charge in [0.1, 0.15) is 24.4 Å². The monoisotopic (exact) mass is 578 g/mol. The highest BCUT2D eigenvalue weighted by molar-refractivity contribution is 6.74. The molecule has 0 spiro atoms. The van der Waals surface area contributed by atoms with Gasteiger partial charge in [-0.1, -0.05) is 112 Å². The summed E-state index contributed by atoms with van der Waals surface area (Å²) in [5, 5.41) is 0.0628. The number of hydrogen-bond donors (Lipinski definition) is 0. The number of methoxy groups -OCH3 is 1. The van der Waals surface area contributed by atoms with Gasteiger partial charge in [0.25, 0.3) is 0 Å². The lowest BCUT2D eigenvalue weighted by Crippen LogP contribution is -2.62. The summed E-state index contributed by atoms with van der Waals surface area (Å²) in [5.74, 6) is 0. The summed E-state index contributed by atoms with van der Waals surface area (Å²) >= 11 is 0. The highest BCUT2D eigenvalue weighted by Crippen LogP contribution is 2.38. The van der Waals surface area contributed by atoms with Crippen molar-refractivity contribution in [2.75, 3.05) is 13.7 Å². The van der Waals surface area contributed by atoms with Crippen molar-refractivity contribution in [1.29, 1.82) is 0 Å². The topological polar surface area (TPSA) is 55.4 Å². The molecule has 0 saturated carbocycles. The Hall–Kier alpha value is -2.36. The van der Waals surface area contributed by atoms with E-state index >= 15 is 0 Å². The molecule has 0 radical (unpaired) electrons. The minimum Gasteiger partial charge on any atom is -0.414 e. The van der Waals surface area contributed by atoms with Gasteiger partial charge < -0.3 is 28.1 Å². The first-order valence-corrected chi connectivity index (χ1v) is 17.4. The first-order valence-electron chi connectivity index (χ1n) is 14.5. The van der Waals surface area contributed by atoms with Crippen molar-refractivity contribution >= 4 is 8.32 Å². The molecule has 0 aromatic heterocycles. The van der Waals surface area contributed by atoms with Gasteiger partial charge in [-0.3, -0.25) is 0 Å². The van der Waals surface area contributed by atoms with E-state index in [4.69, 9.17) is 28.1 Å². The Morgan fingerprint density at radius 3 is 1.46 bits per heavy atom. The maximum Gasteiger partial charge on any atom is 0.192 e. The number of rotatable bonds is 13. The standard InChI is InChI=1S/C34H46O6Si/c1-34(2,3)41(5,6)39-25-29-30(36-22-26-16-10-7-11-17-26)31(37-23-27-18-12-8-13-19-27)32(33(35-4)40-29)38-24-28-20-14-9-15-21-28/h7-21,29-33H,22-25H2,1-6H3/t29-,30+,31+,32-,33+/m1/s1. The lowest BCUT2D eigenvalue weighted by atomic mass is 9.98. The SMILES string of the molecule is CO[C@H]1O[C@H](CO[Si](C)(C)C(C)(C)C)[C@H](OCc2ccccc2)[C@H](OCc2ccccc2)[C@H]1OCc1ccccc1. The second kappa shape index (κ2) is 14.7. The molecule has 0 amide bonds. The van der Waals surface area contributed by atoms with Gasteiger partial charge in [-0.2, -0.15) is 0 Å². The Labute approximate surface area is 247 Å². The Morgan fingerprint density at radius 2 is 1.05 bits per heavy atom. The van der Waals surface area contributed by atoms with Crippen LogP contribution in [-0.4, -0.2) is 52.7 Å². The van der Waals surface area contributed by atoms with Crippen LogP contribution in [0.2, 0.25) is 18.1 Å². The molecule has 3 aromatic carbocycles. The van der Waals surface area contributed by atoms with Crippen LogP contribution in [0.1, 0.15) is 37.5 Å². The molecule has 1 fully saturated rings. The fourth-order valence-electron chi connectivity index (χ4n) is 4.58. The summed E-state index contributed by atoms with van der Waals surface area (Å²) in [4.78, 5) is 0. The summed E-state index contributed by atoms with van der Waals surface area (Å²) < 4.78 is 39.0. The zero-order valence-electron chi connectivity index (χ0n) is 25.3. The number of ether oxygens (including phenoxy) is 5. The van der Waals surface area contributed by atoms with Gasteiger partial charge in [-0.15, -0.1) is 0 Å². The van der Waals surface area contributed by atoms with Crippen LogP contribution in [0.5, 0.6) is 0 Å². The summed E-state index contributed by atoms with van der Waals surface area (Å²) in [7, 11) is -0.408. The quantitative estimate of drug-likeness (QED) is 0.201. The van der Waals surface area contributed by atoms with E-state index in [1.54, 1.807) is 7.11 Å². The van der Waals surface area contributed by atoms with Gasteiger partial charge in [0.2, 0.25) is 0 Å². The zero-order chi connectivity index (χ0) is 29.3. The van der Waals surface area contributed by atoms with Gasteiger partial charge >= 0.3 is 0 Å². The van der Waals surface area contributed by atoms with Crippen LogP contribution in [0, 0.1) is 0 Å². The molecule has 0 aliphatic carbocycles. The Balaban J connectivity index is 1.63. The predicted molar refractivity (Wildman–Crippen MR) is 164 cm³/mol. The molecule has 4 rings (SSSR count). The number of hydrogen-bond acceptors (Lipinski definition) is 6. The lowest BCUT2D eigenvalue weighted by molar-refractivity contribution is -0.320. The van der Waals surface area contributed by atoms with Gasteiger partial charge in [0.15, 0.2) is 14.6 Å². The molecule has 0 unspecified atom stereocenters. The molecule has 1 heterocycles. The van der Waals surface area contributed by atoms with Crippen LogP contribution in [-0.2, 0) is 47.9 Å². The number of benzene rings is 3. The molecule has 0 N–H and O–H groups in total. The molecule has 7 heteroatoms. The van der Waals surface area contributed by atoms with E-state index < -0.39 is 39.0 Å². The lowest BCUT2D eigenvalue weighted by Gasteiger charge is -2.46. The first kappa shape index (κ1) is 31.6. The molecule has 6 nitrogen and oxygen atoms in total. The summed E-state index contributed by atoms with van der Waals surface area (Å²) in [5.41, 5.74) is 3.22. The third-order valence-electron chi connectivity index (χ3n) is 8.09. The van der Waals surface area contributed by atoms with Crippen molar-refractivity contribution in [3.05, 3.63) is 108 Å². The van der Waals surface area contributed by atoms with E-state index in [1.165, 1.54) is 0 Å². The Kier molecular flexibility index (Phi) is 11.3. The van der Waals surface area contributed by atoms with Crippen LogP contribution < -0.4 is 0 Å². The van der Waals surface area contributed by atoms with E-state index in [0.29, 0.717) is 26.4 Å². The van der Waals surface area contributed by atoms with Crippen LogP contribution in [0.25, 0.3) is 0 Å².